The van der Waals surface area contributed by atoms with Gasteiger partial charge < -0.3 is 10.4 Å². The Balaban J connectivity index is 1.89. The molecule has 1 amide bonds. The summed E-state index contributed by atoms with van der Waals surface area (Å²) in [6.07, 6.45) is -10.5. The number of carboxylic acid groups (broad SMARTS) is 1. The summed E-state index contributed by atoms with van der Waals surface area (Å²) in [6, 6.07) is 11.1. The van der Waals surface area contributed by atoms with E-state index < -0.39 is 47.0 Å². The number of fused-ring (bicyclic) bond motifs is 1. The van der Waals surface area contributed by atoms with Crippen molar-refractivity contribution in [1.29, 1.82) is 0 Å². The van der Waals surface area contributed by atoms with E-state index in [4.69, 9.17) is 0 Å². The summed E-state index contributed by atoms with van der Waals surface area (Å²) < 4.78 is 78.1. The van der Waals surface area contributed by atoms with E-state index in [0.29, 0.717) is 5.56 Å². The van der Waals surface area contributed by atoms with E-state index in [9.17, 15) is 41.0 Å². The first-order valence-electron chi connectivity index (χ1n) is 9.15. The second-order valence-corrected chi connectivity index (χ2v) is 7.04. The predicted octanol–water partition coefficient (Wildman–Crippen LogP) is 5.30. The third kappa shape index (κ3) is 5.37. The van der Waals surface area contributed by atoms with Crippen molar-refractivity contribution >= 4 is 22.6 Å². The van der Waals surface area contributed by atoms with Crippen LogP contribution in [0.1, 0.15) is 27.0 Å². The fourth-order valence-electron chi connectivity index (χ4n) is 3.13. The highest BCUT2D eigenvalue weighted by Crippen LogP contribution is 2.36. The molecule has 0 radical (unpaired) electrons. The number of aliphatic carboxylic acids is 1. The molecular weight excluding hydrogens is 440 g/mol. The van der Waals surface area contributed by atoms with Crippen molar-refractivity contribution in [1.82, 2.24) is 5.32 Å². The fraction of sp³-hybridized carbons (Fsp3) is 0.182. The predicted molar refractivity (Wildman–Crippen MR) is 103 cm³/mol. The fourth-order valence-corrected chi connectivity index (χ4v) is 3.13. The maximum absolute atomic E-state index is 13.0. The standard InChI is InChI=1S/C22H15F6NO3/c23-21(24,25)16-9-15(10-17(11-16)22(26,27)28)19(30)29-18(20(31)32)8-12-5-6-13-3-1-2-4-14(13)7-12/h1-7,9-11,18H,8H2,(H,29,30)(H,31,32)/t18-/m0/s1. The van der Waals surface area contributed by atoms with Crippen LogP contribution in [0.2, 0.25) is 0 Å². The van der Waals surface area contributed by atoms with Crippen LogP contribution in [0.4, 0.5) is 26.3 Å². The van der Waals surface area contributed by atoms with Gasteiger partial charge in [-0.05, 0) is 34.5 Å². The first-order valence-corrected chi connectivity index (χ1v) is 9.15. The summed E-state index contributed by atoms with van der Waals surface area (Å²) >= 11 is 0. The number of hydrogen-bond acceptors (Lipinski definition) is 2. The molecule has 10 heteroatoms. The Bertz CT molecular complexity index is 1140. The number of alkyl halides is 6. The van der Waals surface area contributed by atoms with Crippen molar-refractivity contribution in [2.75, 3.05) is 0 Å². The lowest BCUT2D eigenvalue weighted by Crippen LogP contribution is -2.42. The maximum atomic E-state index is 13.0. The second kappa shape index (κ2) is 8.52. The van der Waals surface area contributed by atoms with Crippen LogP contribution in [0.5, 0.6) is 0 Å². The van der Waals surface area contributed by atoms with E-state index in [1.54, 1.807) is 30.3 Å². The van der Waals surface area contributed by atoms with E-state index in [0.717, 1.165) is 10.8 Å². The molecule has 0 saturated carbocycles. The summed E-state index contributed by atoms with van der Waals surface area (Å²) in [7, 11) is 0. The minimum atomic E-state index is -5.13. The molecule has 2 N–H and O–H groups in total. The molecule has 0 fully saturated rings. The molecule has 3 aromatic rings. The van der Waals surface area contributed by atoms with Crippen LogP contribution in [-0.2, 0) is 23.6 Å². The van der Waals surface area contributed by atoms with Crippen LogP contribution in [0.15, 0.2) is 60.7 Å². The minimum Gasteiger partial charge on any atom is -0.480 e. The molecule has 0 unspecified atom stereocenters. The van der Waals surface area contributed by atoms with Crippen molar-refractivity contribution in [3.05, 3.63) is 82.9 Å². The van der Waals surface area contributed by atoms with Gasteiger partial charge in [0.05, 0.1) is 11.1 Å². The summed E-state index contributed by atoms with van der Waals surface area (Å²) in [4.78, 5) is 24.0. The summed E-state index contributed by atoms with van der Waals surface area (Å²) in [5.41, 5.74) is -3.77. The zero-order chi connectivity index (χ0) is 23.7. The Morgan fingerprint density at radius 1 is 0.812 bits per heavy atom. The lowest BCUT2D eigenvalue weighted by molar-refractivity contribution is -0.143. The van der Waals surface area contributed by atoms with Gasteiger partial charge in [0.1, 0.15) is 6.04 Å². The van der Waals surface area contributed by atoms with Gasteiger partial charge in [-0.2, -0.15) is 26.3 Å². The Kier molecular flexibility index (Phi) is 6.16. The highest BCUT2D eigenvalue weighted by Gasteiger charge is 2.37. The minimum absolute atomic E-state index is 0.111. The first kappa shape index (κ1) is 23.1. The van der Waals surface area contributed by atoms with Crippen LogP contribution in [0.3, 0.4) is 0 Å². The molecule has 0 spiro atoms. The highest BCUT2D eigenvalue weighted by atomic mass is 19.4. The molecule has 0 aliphatic carbocycles. The van der Waals surface area contributed by atoms with E-state index >= 15 is 0 Å². The number of rotatable bonds is 5. The SMILES string of the molecule is O=C(N[C@@H](Cc1ccc2ccccc2c1)C(=O)O)c1cc(C(F)(F)F)cc(C(F)(F)F)c1. The van der Waals surface area contributed by atoms with Gasteiger partial charge in [-0.25, -0.2) is 4.79 Å². The van der Waals surface area contributed by atoms with E-state index in [1.165, 1.54) is 0 Å². The summed E-state index contributed by atoms with van der Waals surface area (Å²) in [5.74, 6) is -2.86. The lowest BCUT2D eigenvalue weighted by atomic mass is 10.0. The van der Waals surface area contributed by atoms with Crippen LogP contribution in [0, 0.1) is 0 Å². The van der Waals surface area contributed by atoms with E-state index in [1.807, 2.05) is 17.4 Å². The molecule has 0 aliphatic rings. The summed E-state index contributed by atoms with van der Waals surface area (Å²) in [6.45, 7) is 0. The maximum Gasteiger partial charge on any atom is 0.416 e. The Hall–Kier alpha value is -3.56. The van der Waals surface area contributed by atoms with Crippen LogP contribution in [0.25, 0.3) is 10.8 Å². The number of benzene rings is 3. The van der Waals surface area contributed by atoms with E-state index in [2.05, 4.69) is 0 Å². The normalized spacial score (nSPS) is 13.1. The van der Waals surface area contributed by atoms with Crippen LogP contribution < -0.4 is 5.32 Å². The summed E-state index contributed by atoms with van der Waals surface area (Å²) in [5, 5.41) is 13.1. The van der Waals surface area contributed by atoms with Crippen LogP contribution in [-0.4, -0.2) is 23.0 Å². The molecular formula is C22H15F6NO3. The number of carbonyl (C=O) groups is 2. The van der Waals surface area contributed by atoms with Crippen LogP contribution >= 0.6 is 0 Å². The monoisotopic (exact) mass is 455 g/mol. The van der Waals surface area contributed by atoms with Gasteiger partial charge in [0, 0.05) is 12.0 Å². The third-order valence-corrected chi connectivity index (χ3v) is 4.71. The third-order valence-electron chi connectivity index (χ3n) is 4.71. The van der Waals surface area contributed by atoms with Gasteiger partial charge in [-0.15, -0.1) is 0 Å². The smallest absolute Gasteiger partial charge is 0.416 e. The molecule has 4 nitrogen and oxygen atoms in total. The Morgan fingerprint density at radius 3 is 1.91 bits per heavy atom. The zero-order valence-corrected chi connectivity index (χ0v) is 16.1. The Morgan fingerprint density at radius 2 is 1.38 bits per heavy atom. The molecule has 0 heterocycles. The van der Waals surface area contributed by atoms with Crippen molar-refractivity contribution in [2.24, 2.45) is 0 Å². The van der Waals surface area contributed by atoms with Crippen molar-refractivity contribution in [2.45, 2.75) is 24.8 Å². The zero-order valence-electron chi connectivity index (χ0n) is 16.1. The molecule has 3 rings (SSSR count). The second-order valence-electron chi connectivity index (χ2n) is 7.04. The molecule has 0 aromatic heterocycles. The average molecular weight is 455 g/mol. The van der Waals surface area contributed by atoms with Crippen molar-refractivity contribution in [3.8, 4) is 0 Å². The van der Waals surface area contributed by atoms with Crippen molar-refractivity contribution in [3.63, 3.8) is 0 Å². The molecule has 0 bridgehead atoms. The number of carboxylic acids is 1. The Labute approximate surface area is 177 Å². The number of hydrogen-bond donors (Lipinski definition) is 2. The molecule has 32 heavy (non-hydrogen) atoms. The number of carbonyl (C=O) groups excluding carboxylic acids is 1. The molecule has 1 atom stereocenters. The van der Waals surface area contributed by atoms with Gasteiger partial charge in [-0.1, -0.05) is 42.5 Å². The van der Waals surface area contributed by atoms with Gasteiger partial charge >= 0.3 is 18.3 Å². The van der Waals surface area contributed by atoms with Gasteiger partial charge in [0.2, 0.25) is 0 Å². The molecule has 0 aliphatic heterocycles. The molecule has 168 valence electrons. The highest BCUT2D eigenvalue weighted by molar-refractivity contribution is 5.97. The topological polar surface area (TPSA) is 66.4 Å². The lowest BCUT2D eigenvalue weighted by Gasteiger charge is -2.17. The first-order chi connectivity index (χ1) is 14.8. The van der Waals surface area contributed by atoms with Gasteiger partial charge in [0.25, 0.3) is 5.91 Å². The average Bonchev–Trinajstić information content (AvgIpc) is 2.71. The number of halogens is 6. The number of amides is 1. The quantitative estimate of drug-likeness (QED) is 0.513. The van der Waals surface area contributed by atoms with E-state index in [-0.39, 0.29) is 24.6 Å². The number of nitrogens with one attached hydrogen (secondary N) is 1. The molecule has 3 aromatic carbocycles. The molecule has 0 saturated heterocycles. The van der Waals surface area contributed by atoms with Gasteiger partial charge in [0.15, 0.2) is 0 Å². The largest absolute Gasteiger partial charge is 0.480 e. The van der Waals surface area contributed by atoms with Crippen molar-refractivity contribution < 1.29 is 41.0 Å². The van der Waals surface area contributed by atoms with Gasteiger partial charge in [-0.3, -0.25) is 4.79 Å².